The zero-order valence-corrected chi connectivity index (χ0v) is 18.6. The van der Waals surface area contributed by atoms with Crippen LogP contribution in [0.3, 0.4) is 0 Å². The van der Waals surface area contributed by atoms with E-state index in [9.17, 15) is 13.2 Å². The fourth-order valence-corrected chi connectivity index (χ4v) is 5.89. The fraction of sp³-hybridized carbons (Fsp3) is 0.350. The highest BCUT2D eigenvalue weighted by atomic mass is 35.5. The van der Waals surface area contributed by atoms with Crippen molar-refractivity contribution < 1.29 is 13.2 Å². The van der Waals surface area contributed by atoms with Crippen LogP contribution >= 0.6 is 23.2 Å². The average molecular weight is 456 g/mol. The van der Waals surface area contributed by atoms with Crippen LogP contribution in [0.25, 0.3) is 0 Å². The lowest BCUT2D eigenvalue weighted by Gasteiger charge is -2.33. The van der Waals surface area contributed by atoms with Gasteiger partial charge in [-0.05, 0) is 37.1 Å². The Kier molecular flexibility index (Phi) is 6.86. The first-order chi connectivity index (χ1) is 13.7. The highest BCUT2D eigenvalue weighted by Crippen LogP contribution is 2.31. The van der Waals surface area contributed by atoms with E-state index in [0.29, 0.717) is 13.1 Å². The van der Waals surface area contributed by atoms with Crippen molar-refractivity contribution in [2.24, 2.45) is 0 Å². The maximum Gasteiger partial charge on any atom is 0.246 e. The van der Waals surface area contributed by atoms with Crippen molar-refractivity contribution in [1.82, 2.24) is 9.21 Å². The molecule has 2 aromatic rings. The third-order valence-corrected chi connectivity index (χ3v) is 7.82. The molecule has 9 heteroatoms. The van der Waals surface area contributed by atoms with Gasteiger partial charge in [0.2, 0.25) is 15.9 Å². The van der Waals surface area contributed by atoms with E-state index in [1.807, 2.05) is 36.9 Å². The number of nitrogens with one attached hydrogen (secondary N) is 1. The Bertz CT molecular complexity index is 979. The molecule has 0 saturated carbocycles. The van der Waals surface area contributed by atoms with E-state index < -0.39 is 10.0 Å². The second-order valence-electron chi connectivity index (χ2n) is 7.05. The van der Waals surface area contributed by atoms with E-state index in [1.54, 1.807) is 6.07 Å². The number of rotatable bonds is 5. The lowest BCUT2D eigenvalue weighted by atomic mass is 10.1. The predicted molar refractivity (Wildman–Crippen MR) is 116 cm³/mol. The Morgan fingerprint density at radius 1 is 0.966 bits per heavy atom. The molecule has 0 aliphatic carbocycles. The summed E-state index contributed by atoms with van der Waals surface area (Å²) in [7, 11) is -3.79. The number of carbonyl (C=O) groups excluding carboxylic acids is 1. The summed E-state index contributed by atoms with van der Waals surface area (Å²) in [5.74, 6) is -0.118. The van der Waals surface area contributed by atoms with Crippen LogP contribution in [0.15, 0.2) is 41.3 Å². The van der Waals surface area contributed by atoms with Gasteiger partial charge >= 0.3 is 0 Å². The Morgan fingerprint density at radius 2 is 1.48 bits per heavy atom. The summed E-state index contributed by atoms with van der Waals surface area (Å²) in [4.78, 5) is 14.3. The lowest BCUT2D eigenvalue weighted by molar-refractivity contribution is -0.117. The Hall–Kier alpha value is -1.64. The third-order valence-electron chi connectivity index (χ3n) is 4.96. The summed E-state index contributed by atoms with van der Waals surface area (Å²) in [6, 6.07) is 10.5. The van der Waals surface area contributed by atoms with Crippen molar-refractivity contribution in [2.45, 2.75) is 18.7 Å². The van der Waals surface area contributed by atoms with E-state index >= 15 is 0 Å². The molecule has 0 bridgehead atoms. The Labute approximate surface area is 181 Å². The number of hydrogen-bond donors (Lipinski definition) is 1. The summed E-state index contributed by atoms with van der Waals surface area (Å²) in [6.07, 6.45) is 0. The number of benzene rings is 2. The van der Waals surface area contributed by atoms with Gasteiger partial charge in [0.25, 0.3) is 0 Å². The van der Waals surface area contributed by atoms with Gasteiger partial charge in [0.1, 0.15) is 4.90 Å². The molecule has 1 saturated heterocycles. The molecule has 3 rings (SSSR count). The number of anilines is 1. The number of sulfonamides is 1. The lowest BCUT2D eigenvalue weighted by Crippen LogP contribution is -2.50. The number of amides is 1. The van der Waals surface area contributed by atoms with Crippen LogP contribution in [-0.4, -0.2) is 56.3 Å². The minimum absolute atomic E-state index is 0.0652. The molecule has 0 radical (unpaired) electrons. The van der Waals surface area contributed by atoms with Crippen LogP contribution < -0.4 is 5.32 Å². The minimum atomic E-state index is -3.79. The molecular formula is C20H23Cl2N3O3S. The Balaban J connectivity index is 1.61. The average Bonchev–Trinajstić information content (AvgIpc) is 2.65. The van der Waals surface area contributed by atoms with Gasteiger partial charge < -0.3 is 5.32 Å². The van der Waals surface area contributed by atoms with Gasteiger partial charge in [0, 0.05) is 31.9 Å². The van der Waals surface area contributed by atoms with Gasteiger partial charge in [-0.3, -0.25) is 9.69 Å². The van der Waals surface area contributed by atoms with E-state index in [1.165, 1.54) is 16.4 Å². The smallest absolute Gasteiger partial charge is 0.246 e. The number of para-hydroxylation sites is 1. The molecular weight excluding hydrogens is 433 g/mol. The van der Waals surface area contributed by atoms with Crippen LogP contribution in [0, 0.1) is 13.8 Å². The van der Waals surface area contributed by atoms with Crippen LogP contribution in [0.1, 0.15) is 11.1 Å². The zero-order valence-electron chi connectivity index (χ0n) is 16.3. The normalized spacial score (nSPS) is 16.0. The molecule has 6 nitrogen and oxygen atoms in total. The first kappa shape index (κ1) is 22.1. The highest BCUT2D eigenvalue weighted by Gasteiger charge is 2.32. The van der Waals surface area contributed by atoms with Gasteiger partial charge in [-0.2, -0.15) is 4.31 Å². The zero-order chi connectivity index (χ0) is 21.2. The molecule has 2 aromatic carbocycles. The molecule has 0 aromatic heterocycles. The molecule has 0 unspecified atom stereocenters. The van der Waals surface area contributed by atoms with Crippen molar-refractivity contribution in [3.05, 3.63) is 57.6 Å². The Morgan fingerprint density at radius 3 is 2.03 bits per heavy atom. The second-order valence-corrected chi connectivity index (χ2v) is 9.74. The van der Waals surface area contributed by atoms with Crippen LogP contribution in [0.2, 0.25) is 10.0 Å². The van der Waals surface area contributed by atoms with Crippen LogP contribution in [0.5, 0.6) is 0 Å². The summed E-state index contributed by atoms with van der Waals surface area (Å²) in [6.45, 7) is 5.52. The van der Waals surface area contributed by atoms with Gasteiger partial charge in [-0.1, -0.05) is 47.5 Å². The van der Waals surface area contributed by atoms with Crippen molar-refractivity contribution in [2.75, 3.05) is 38.0 Å². The molecule has 1 heterocycles. The molecule has 29 heavy (non-hydrogen) atoms. The van der Waals surface area contributed by atoms with E-state index in [-0.39, 0.29) is 40.5 Å². The highest BCUT2D eigenvalue weighted by molar-refractivity contribution is 7.89. The number of halogens is 2. The summed E-state index contributed by atoms with van der Waals surface area (Å²) < 4.78 is 27.2. The second kappa shape index (κ2) is 9.02. The van der Waals surface area contributed by atoms with Crippen molar-refractivity contribution >= 4 is 44.8 Å². The molecule has 0 atom stereocenters. The van der Waals surface area contributed by atoms with Gasteiger partial charge in [0.05, 0.1) is 16.6 Å². The molecule has 1 fully saturated rings. The first-order valence-electron chi connectivity index (χ1n) is 9.22. The van der Waals surface area contributed by atoms with Crippen molar-refractivity contribution in [1.29, 1.82) is 0 Å². The minimum Gasteiger partial charge on any atom is -0.324 e. The number of nitrogens with zero attached hydrogens (tertiary/aromatic N) is 2. The molecule has 1 N–H and O–H groups in total. The summed E-state index contributed by atoms with van der Waals surface area (Å²) >= 11 is 12.2. The standard InChI is InChI=1S/C20H23Cl2N3O3S/c1-14-5-3-6-15(2)19(14)23-18(26)13-24-9-11-25(12-10-24)29(27,28)20-16(21)7-4-8-17(20)22/h3-8H,9-13H2,1-2H3,(H,23,26). The molecule has 1 aliphatic heterocycles. The monoisotopic (exact) mass is 455 g/mol. The number of hydrogen-bond acceptors (Lipinski definition) is 4. The number of piperazine rings is 1. The van der Waals surface area contributed by atoms with Gasteiger partial charge in [-0.15, -0.1) is 0 Å². The van der Waals surface area contributed by atoms with Crippen LogP contribution in [0.4, 0.5) is 5.69 Å². The van der Waals surface area contributed by atoms with E-state index in [2.05, 4.69) is 5.32 Å². The quantitative estimate of drug-likeness (QED) is 0.747. The SMILES string of the molecule is Cc1cccc(C)c1NC(=O)CN1CCN(S(=O)(=O)c2c(Cl)cccc2Cl)CC1. The third kappa shape index (κ3) is 4.92. The largest absolute Gasteiger partial charge is 0.324 e. The molecule has 0 spiro atoms. The first-order valence-corrected chi connectivity index (χ1v) is 11.4. The maximum atomic E-state index is 12.9. The van der Waals surface area contributed by atoms with Gasteiger partial charge in [-0.25, -0.2) is 8.42 Å². The predicted octanol–water partition coefficient (Wildman–Crippen LogP) is 3.56. The number of carbonyl (C=O) groups is 1. The molecule has 1 aliphatic rings. The summed E-state index contributed by atoms with van der Waals surface area (Å²) in [5, 5.41) is 3.17. The van der Waals surface area contributed by atoms with Crippen molar-refractivity contribution in [3.63, 3.8) is 0 Å². The van der Waals surface area contributed by atoms with Gasteiger partial charge in [0.15, 0.2) is 0 Å². The van der Waals surface area contributed by atoms with Crippen molar-refractivity contribution in [3.8, 4) is 0 Å². The van der Waals surface area contributed by atoms with Crippen LogP contribution in [-0.2, 0) is 14.8 Å². The maximum absolute atomic E-state index is 12.9. The fourth-order valence-electron chi connectivity index (χ4n) is 3.38. The van der Waals surface area contributed by atoms with E-state index in [4.69, 9.17) is 23.2 Å². The van der Waals surface area contributed by atoms with E-state index in [0.717, 1.165) is 16.8 Å². The topological polar surface area (TPSA) is 69.7 Å². The number of aryl methyl sites for hydroxylation is 2. The molecule has 1 amide bonds. The molecule has 156 valence electrons. The summed E-state index contributed by atoms with van der Waals surface area (Å²) in [5.41, 5.74) is 2.84.